The van der Waals surface area contributed by atoms with Crippen molar-refractivity contribution in [3.8, 4) is 5.88 Å². The predicted molar refractivity (Wildman–Crippen MR) is 83.1 cm³/mol. The van der Waals surface area contributed by atoms with E-state index >= 15 is 0 Å². The molecule has 1 fully saturated rings. The molecule has 22 heavy (non-hydrogen) atoms. The van der Waals surface area contributed by atoms with Crippen LogP contribution in [0.5, 0.6) is 5.88 Å². The lowest BCUT2D eigenvalue weighted by atomic mass is 9.83. The molecule has 0 atom stereocenters. The molecule has 0 aliphatic heterocycles. The van der Waals surface area contributed by atoms with E-state index in [1.54, 1.807) is 18.2 Å². The Morgan fingerprint density at radius 1 is 1.27 bits per heavy atom. The summed E-state index contributed by atoms with van der Waals surface area (Å²) in [4.78, 5) is 19.3. The summed E-state index contributed by atoms with van der Waals surface area (Å²) in [6, 6.07) is 4.83. The van der Waals surface area contributed by atoms with Gasteiger partial charge in [-0.3, -0.25) is 0 Å². The Kier molecular flexibility index (Phi) is 4.22. The lowest BCUT2D eigenvalue weighted by Gasteiger charge is -2.25. The van der Waals surface area contributed by atoms with Gasteiger partial charge in [-0.05, 0) is 42.9 Å². The monoisotopic (exact) mass is 300 g/mol. The van der Waals surface area contributed by atoms with Gasteiger partial charge >= 0.3 is 5.97 Å². The van der Waals surface area contributed by atoms with Crippen molar-refractivity contribution in [1.29, 1.82) is 0 Å². The summed E-state index contributed by atoms with van der Waals surface area (Å²) in [6.07, 6.45) is 6.36. The Bertz CT molecular complexity index is 679. The van der Waals surface area contributed by atoms with Crippen molar-refractivity contribution in [2.75, 3.05) is 6.61 Å². The third kappa shape index (κ3) is 3.18. The number of carbonyl (C=O) groups is 1. The van der Waals surface area contributed by atoms with Crippen LogP contribution in [0.2, 0.25) is 0 Å². The molecule has 1 aromatic carbocycles. The van der Waals surface area contributed by atoms with Gasteiger partial charge in [0.05, 0.1) is 23.1 Å². The number of carboxylic acids is 1. The number of hydrogen-bond donors (Lipinski definition) is 1. The number of aromatic carboxylic acids is 1. The molecule has 1 heterocycles. The van der Waals surface area contributed by atoms with Gasteiger partial charge in [-0.15, -0.1) is 0 Å². The molecule has 0 saturated heterocycles. The molecule has 5 nitrogen and oxygen atoms in total. The highest BCUT2D eigenvalue weighted by Crippen LogP contribution is 2.29. The summed E-state index contributed by atoms with van der Waals surface area (Å²) < 4.78 is 5.90. The summed E-state index contributed by atoms with van der Waals surface area (Å²) in [5.41, 5.74) is 0.820. The molecule has 1 aromatic heterocycles. The van der Waals surface area contributed by atoms with Gasteiger partial charge in [0, 0.05) is 0 Å². The second-order valence-electron chi connectivity index (χ2n) is 6.15. The maximum Gasteiger partial charge on any atom is 0.335 e. The van der Waals surface area contributed by atoms with Crippen LogP contribution in [-0.4, -0.2) is 27.7 Å². The molecule has 1 aliphatic carbocycles. The first-order valence-electron chi connectivity index (χ1n) is 7.74. The molecule has 3 rings (SSSR count). The molecule has 0 bridgehead atoms. The maximum absolute atomic E-state index is 11.0. The maximum atomic E-state index is 11.0. The number of fused-ring (bicyclic) bond motifs is 1. The van der Waals surface area contributed by atoms with Gasteiger partial charge in [-0.25, -0.2) is 14.8 Å². The van der Waals surface area contributed by atoms with Crippen molar-refractivity contribution in [3.05, 3.63) is 30.1 Å². The molecule has 1 aliphatic rings. The van der Waals surface area contributed by atoms with Crippen LogP contribution in [0.4, 0.5) is 0 Å². The van der Waals surface area contributed by atoms with Crippen molar-refractivity contribution < 1.29 is 14.6 Å². The van der Waals surface area contributed by atoms with Crippen molar-refractivity contribution in [3.63, 3.8) is 0 Å². The first-order chi connectivity index (χ1) is 10.6. The highest BCUT2D eigenvalue weighted by Gasteiger charge is 2.19. The molecule has 5 heteroatoms. The number of benzene rings is 1. The van der Waals surface area contributed by atoms with Crippen LogP contribution in [0.15, 0.2) is 24.5 Å². The molecule has 1 N–H and O–H groups in total. The van der Waals surface area contributed by atoms with Crippen molar-refractivity contribution >= 4 is 16.9 Å². The van der Waals surface area contributed by atoms with Gasteiger partial charge in [-0.1, -0.05) is 19.8 Å². The zero-order valence-electron chi connectivity index (χ0n) is 12.7. The van der Waals surface area contributed by atoms with Crippen LogP contribution in [0, 0.1) is 11.8 Å². The van der Waals surface area contributed by atoms with E-state index in [1.165, 1.54) is 32.0 Å². The minimum Gasteiger partial charge on any atom is -0.478 e. The van der Waals surface area contributed by atoms with Crippen LogP contribution in [0.25, 0.3) is 10.9 Å². The van der Waals surface area contributed by atoms with Gasteiger partial charge in [0.25, 0.3) is 0 Å². The van der Waals surface area contributed by atoms with Crippen LogP contribution in [0.1, 0.15) is 43.0 Å². The normalized spacial score (nSPS) is 21.7. The summed E-state index contributed by atoms with van der Waals surface area (Å²) in [5.74, 6) is 0.991. The molecule has 116 valence electrons. The van der Waals surface area contributed by atoms with Crippen LogP contribution in [-0.2, 0) is 0 Å². The number of rotatable bonds is 4. The van der Waals surface area contributed by atoms with E-state index in [0.717, 1.165) is 11.3 Å². The average Bonchev–Trinajstić information content (AvgIpc) is 2.53. The minimum atomic E-state index is -0.959. The Labute approximate surface area is 129 Å². The van der Waals surface area contributed by atoms with E-state index in [9.17, 15) is 4.79 Å². The number of hydrogen-bond acceptors (Lipinski definition) is 4. The van der Waals surface area contributed by atoms with E-state index in [-0.39, 0.29) is 5.56 Å². The Hall–Kier alpha value is -2.17. The Balaban J connectivity index is 1.75. The van der Waals surface area contributed by atoms with Gasteiger partial charge < -0.3 is 9.84 Å². The van der Waals surface area contributed by atoms with Gasteiger partial charge in [0.1, 0.15) is 6.33 Å². The highest BCUT2D eigenvalue weighted by molar-refractivity contribution is 5.94. The van der Waals surface area contributed by atoms with Crippen LogP contribution >= 0.6 is 0 Å². The number of ether oxygens (including phenoxy) is 1. The average molecular weight is 300 g/mol. The van der Waals surface area contributed by atoms with Gasteiger partial charge in [0.15, 0.2) is 0 Å². The first kappa shape index (κ1) is 14.8. The van der Waals surface area contributed by atoms with Gasteiger partial charge in [0.2, 0.25) is 5.88 Å². The van der Waals surface area contributed by atoms with E-state index in [1.807, 2.05) is 0 Å². The largest absolute Gasteiger partial charge is 0.478 e. The molecule has 0 amide bonds. The molecule has 1 saturated carbocycles. The minimum absolute atomic E-state index is 0.221. The Morgan fingerprint density at radius 2 is 2.05 bits per heavy atom. The third-order valence-electron chi connectivity index (χ3n) is 4.44. The number of nitrogens with zero attached hydrogens (tertiary/aromatic N) is 2. The summed E-state index contributed by atoms with van der Waals surface area (Å²) in [7, 11) is 0. The van der Waals surface area contributed by atoms with E-state index < -0.39 is 5.97 Å². The van der Waals surface area contributed by atoms with E-state index in [2.05, 4.69) is 16.9 Å². The Morgan fingerprint density at radius 3 is 2.77 bits per heavy atom. The predicted octanol–water partition coefficient (Wildman–Crippen LogP) is 3.53. The van der Waals surface area contributed by atoms with E-state index in [0.29, 0.717) is 23.9 Å². The molecular formula is C17H20N2O3. The summed E-state index contributed by atoms with van der Waals surface area (Å²) in [6.45, 7) is 2.97. The number of aromatic nitrogens is 2. The molecule has 0 unspecified atom stereocenters. The topological polar surface area (TPSA) is 72.3 Å². The molecule has 2 aromatic rings. The van der Waals surface area contributed by atoms with Crippen molar-refractivity contribution in [2.24, 2.45) is 11.8 Å². The second kappa shape index (κ2) is 6.30. The molecule has 0 spiro atoms. The van der Waals surface area contributed by atoms with Crippen molar-refractivity contribution in [1.82, 2.24) is 9.97 Å². The van der Waals surface area contributed by atoms with E-state index in [4.69, 9.17) is 9.84 Å². The van der Waals surface area contributed by atoms with Crippen LogP contribution in [0.3, 0.4) is 0 Å². The summed E-state index contributed by atoms with van der Waals surface area (Å²) in [5, 5.41) is 9.79. The van der Waals surface area contributed by atoms with Crippen LogP contribution < -0.4 is 4.74 Å². The number of carboxylic acid groups (broad SMARTS) is 1. The van der Waals surface area contributed by atoms with Crippen molar-refractivity contribution in [2.45, 2.75) is 32.6 Å². The SMILES string of the molecule is CC1CCC(COc2ncnc3cc(C(=O)O)ccc23)CC1. The zero-order valence-corrected chi connectivity index (χ0v) is 12.7. The zero-order chi connectivity index (χ0) is 15.5. The fourth-order valence-corrected chi connectivity index (χ4v) is 2.97. The lowest BCUT2D eigenvalue weighted by Crippen LogP contribution is -2.19. The van der Waals surface area contributed by atoms with Gasteiger partial charge in [-0.2, -0.15) is 0 Å². The quantitative estimate of drug-likeness (QED) is 0.935. The highest BCUT2D eigenvalue weighted by atomic mass is 16.5. The summed E-state index contributed by atoms with van der Waals surface area (Å²) >= 11 is 0. The lowest BCUT2D eigenvalue weighted by molar-refractivity contribution is 0.0697. The first-order valence-corrected chi connectivity index (χ1v) is 7.74. The standard InChI is InChI=1S/C17H20N2O3/c1-11-2-4-12(5-3-11)9-22-16-14-7-6-13(17(20)21)8-15(14)18-10-19-16/h6-8,10-12H,2-5,9H2,1H3,(H,20,21). The molecule has 0 radical (unpaired) electrons. The second-order valence-corrected chi connectivity index (χ2v) is 6.15. The smallest absolute Gasteiger partial charge is 0.335 e. The fraction of sp³-hybridized carbons (Fsp3) is 0.471. The fourth-order valence-electron chi connectivity index (χ4n) is 2.97. The third-order valence-corrected chi connectivity index (χ3v) is 4.44. The molecular weight excluding hydrogens is 280 g/mol.